The molecule has 102 valence electrons. The molecule has 1 aromatic rings. The summed E-state index contributed by atoms with van der Waals surface area (Å²) in [5.41, 5.74) is 8.27. The van der Waals surface area contributed by atoms with Crippen LogP contribution < -0.4 is 5.73 Å². The van der Waals surface area contributed by atoms with Crippen molar-refractivity contribution in [3.63, 3.8) is 0 Å². The Morgan fingerprint density at radius 3 is 2.61 bits per heavy atom. The van der Waals surface area contributed by atoms with Crippen LogP contribution in [0.15, 0.2) is 0 Å². The first kappa shape index (κ1) is 13.9. The lowest BCUT2D eigenvalue weighted by Crippen LogP contribution is -2.28. The average molecular weight is 270 g/mol. The van der Waals surface area contributed by atoms with Crippen LogP contribution in [0.5, 0.6) is 0 Å². The fourth-order valence-electron chi connectivity index (χ4n) is 3.08. The number of nitrogens with zero attached hydrogens (tertiary/aromatic N) is 2. The Morgan fingerprint density at radius 2 is 2.06 bits per heavy atom. The lowest BCUT2D eigenvalue weighted by Gasteiger charge is -2.24. The molecule has 4 heteroatoms. The molecule has 1 heterocycles. The molecule has 3 nitrogen and oxygen atoms in total. The molecule has 1 unspecified atom stereocenters. The Morgan fingerprint density at radius 1 is 1.39 bits per heavy atom. The van der Waals surface area contributed by atoms with Gasteiger partial charge in [0.05, 0.1) is 16.4 Å². The van der Waals surface area contributed by atoms with E-state index in [1.165, 1.54) is 32.1 Å². The topological polar surface area (TPSA) is 43.8 Å². The first-order valence-corrected chi connectivity index (χ1v) is 7.39. The first-order valence-electron chi connectivity index (χ1n) is 7.01. The van der Waals surface area contributed by atoms with Crippen LogP contribution >= 0.6 is 11.6 Å². The maximum atomic E-state index is 6.28. The minimum atomic E-state index is 0.209. The van der Waals surface area contributed by atoms with E-state index in [1.807, 2.05) is 18.7 Å². The van der Waals surface area contributed by atoms with Gasteiger partial charge in [-0.25, -0.2) is 0 Å². The second-order valence-electron chi connectivity index (χ2n) is 5.67. The van der Waals surface area contributed by atoms with Crippen molar-refractivity contribution >= 4 is 11.6 Å². The molecule has 0 saturated heterocycles. The molecule has 1 saturated carbocycles. The maximum absolute atomic E-state index is 6.28. The minimum absolute atomic E-state index is 0.209. The molecule has 1 fully saturated rings. The van der Waals surface area contributed by atoms with E-state index in [2.05, 4.69) is 5.10 Å². The van der Waals surface area contributed by atoms with Crippen LogP contribution in [-0.4, -0.2) is 15.8 Å². The minimum Gasteiger partial charge on any atom is -0.327 e. The predicted octanol–water partition coefficient (Wildman–Crippen LogP) is 3.22. The SMILES string of the molecule is Cc1nn(C)c(CC(N)CC2CCCCC2)c1Cl. The van der Waals surface area contributed by atoms with Gasteiger partial charge in [-0.3, -0.25) is 4.68 Å². The van der Waals surface area contributed by atoms with Gasteiger partial charge in [-0.05, 0) is 19.3 Å². The summed E-state index contributed by atoms with van der Waals surface area (Å²) in [6, 6.07) is 0.209. The molecule has 1 aliphatic carbocycles. The Kier molecular flexibility index (Phi) is 4.68. The van der Waals surface area contributed by atoms with Crippen LogP contribution in [0.3, 0.4) is 0 Å². The Labute approximate surface area is 115 Å². The Bertz CT molecular complexity index is 394. The smallest absolute Gasteiger partial charge is 0.0847 e. The van der Waals surface area contributed by atoms with Gasteiger partial charge < -0.3 is 5.73 Å². The van der Waals surface area contributed by atoms with E-state index in [4.69, 9.17) is 17.3 Å². The van der Waals surface area contributed by atoms with Crippen molar-refractivity contribution in [2.24, 2.45) is 18.7 Å². The Hall–Kier alpha value is -0.540. The lowest BCUT2D eigenvalue weighted by atomic mass is 9.84. The quantitative estimate of drug-likeness (QED) is 0.912. The molecule has 0 amide bonds. The van der Waals surface area contributed by atoms with E-state index < -0.39 is 0 Å². The van der Waals surface area contributed by atoms with Gasteiger partial charge >= 0.3 is 0 Å². The third-order valence-corrected chi connectivity index (χ3v) is 4.57. The van der Waals surface area contributed by atoms with Crippen molar-refractivity contribution in [1.82, 2.24) is 9.78 Å². The predicted molar refractivity (Wildman–Crippen MR) is 75.8 cm³/mol. The molecular weight excluding hydrogens is 246 g/mol. The van der Waals surface area contributed by atoms with Gasteiger partial charge in [-0.15, -0.1) is 0 Å². The monoisotopic (exact) mass is 269 g/mol. The summed E-state index contributed by atoms with van der Waals surface area (Å²) in [5, 5.41) is 5.13. The number of halogens is 1. The Balaban J connectivity index is 1.91. The fraction of sp³-hybridized carbons (Fsp3) is 0.786. The second kappa shape index (κ2) is 6.07. The summed E-state index contributed by atoms with van der Waals surface area (Å²) in [5.74, 6) is 0.821. The van der Waals surface area contributed by atoms with Crippen molar-refractivity contribution in [3.05, 3.63) is 16.4 Å². The van der Waals surface area contributed by atoms with Crippen molar-refractivity contribution in [1.29, 1.82) is 0 Å². The highest BCUT2D eigenvalue weighted by molar-refractivity contribution is 6.31. The average Bonchev–Trinajstić information content (AvgIpc) is 2.57. The maximum Gasteiger partial charge on any atom is 0.0847 e. The summed E-state index contributed by atoms with van der Waals surface area (Å²) in [4.78, 5) is 0. The zero-order valence-electron chi connectivity index (χ0n) is 11.5. The van der Waals surface area contributed by atoms with Crippen LogP contribution in [0.1, 0.15) is 49.9 Å². The zero-order chi connectivity index (χ0) is 13.1. The summed E-state index contributed by atoms with van der Waals surface area (Å²) < 4.78 is 1.87. The number of hydrogen-bond acceptors (Lipinski definition) is 2. The molecule has 0 spiro atoms. The van der Waals surface area contributed by atoms with Gasteiger partial charge in [-0.2, -0.15) is 5.10 Å². The molecule has 1 aromatic heterocycles. The van der Waals surface area contributed by atoms with E-state index in [9.17, 15) is 0 Å². The van der Waals surface area contributed by atoms with Crippen molar-refractivity contribution in [2.45, 2.75) is 57.9 Å². The van der Waals surface area contributed by atoms with E-state index in [0.717, 1.165) is 35.2 Å². The number of nitrogens with two attached hydrogens (primary N) is 1. The third-order valence-electron chi connectivity index (χ3n) is 4.08. The van der Waals surface area contributed by atoms with Gasteiger partial charge in [0.25, 0.3) is 0 Å². The first-order chi connectivity index (χ1) is 8.58. The van der Waals surface area contributed by atoms with Crippen LogP contribution in [0.4, 0.5) is 0 Å². The van der Waals surface area contributed by atoms with Gasteiger partial charge in [-0.1, -0.05) is 43.7 Å². The molecule has 1 aliphatic rings. The standard InChI is InChI=1S/C14H24ClN3/c1-10-14(15)13(18(2)17-10)9-12(16)8-11-6-4-3-5-7-11/h11-12H,3-9,16H2,1-2H3. The van der Waals surface area contributed by atoms with E-state index in [-0.39, 0.29) is 6.04 Å². The van der Waals surface area contributed by atoms with Crippen molar-refractivity contribution in [2.75, 3.05) is 0 Å². The van der Waals surface area contributed by atoms with Gasteiger partial charge in [0.15, 0.2) is 0 Å². The largest absolute Gasteiger partial charge is 0.327 e. The van der Waals surface area contributed by atoms with Crippen LogP contribution in [0, 0.1) is 12.8 Å². The van der Waals surface area contributed by atoms with Crippen LogP contribution in [0.25, 0.3) is 0 Å². The highest BCUT2D eigenvalue weighted by atomic mass is 35.5. The molecule has 0 aliphatic heterocycles. The molecule has 2 rings (SSSR count). The van der Waals surface area contributed by atoms with Crippen LogP contribution in [0.2, 0.25) is 5.02 Å². The van der Waals surface area contributed by atoms with E-state index in [0.29, 0.717) is 0 Å². The van der Waals surface area contributed by atoms with Gasteiger partial charge in [0.1, 0.15) is 0 Å². The van der Waals surface area contributed by atoms with E-state index >= 15 is 0 Å². The van der Waals surface area contributed by atoms with Crippen molar-refractivity contribution in [3.8, 4) is 0 Å². The second-order valence-corrected chi connectivity index (χ2v) is 6.05. The van der Waals surface area contributed by atoms with E-state index in [1.54, 1.807) is 0 Å². The molecular formula is C14H24ClN3. The van der Waals surface area contributed by atoms with Crippen LogP contribution in [-0.2, 0) is 13.5 Å². The number of aromatic nitrogens is 2. The normalized spacial score (nSPS) is 19.1. The highest BCUT2D eigenvalue weighted by Gasteiger charge is 2.19. The lowest BCUT2D eigenvalue weighted by molar-refractivity contribution is 0.315. The fourth-order valence-corrected chi connectivity index (χ4v) is 3.32. The van der Waals surface area contributed by atoms with Gasteiger partial charge in [0, 0.05) is 19.5 Å². The molecule has 1 atom stereocenters. The molecule has 0 radical (unpaired) electrons. The summed E-state index contributed by atoms with van der Waals surface area (Å²) in [6.45, 7) is 1.94. The molecule has 0 bridgehead atoms. The molecule has 18 heavy (non-hydrogen) atoms. The molecule has 0 aromatic carbocycles. The molecule has 2 N–H and O–H groups in total. The summed E-state index contributed by atoms with van der Waals surface area (Å²) >= 11 is 6.26. The summed E-state index contributed by atoms with van der Waals surface area (Å²) in [6.07, 6.45) is 8.83. The van der Waals surface area contributed by atoms with Gasteiger partial charge in [0.2, 0.25) is 0 Å². The summed E-state index contributed by atoms with van der Waals surface area (Å²) in [7, 11) is 1.95. The third kappa shape index (κ3) is 3.27. The number of rotatable bonds is 4. The number of hydrogen-bond donors (Lipinski definition) is 1. The highest BCUT2D eigenvalue weighted by Crippen LogP contribution is 2.28. The van der Waals surface area contributed by atoms with Crippen molar-refractivity contribution < 1.29 is 0 Å². The zero-order valence-corrected chi connectivity index (χ0v) is 12.2. The number of aryl methyl sites for hydroxylation is 2.